The van der Waals surface area contributed by atoms with E-state index in [0.717, 1.165) is 22.8 Å². The van der Waals surface area contributed by atoms with Gasteiger partial charge in [0.15, 0.2) is 5.96 Å². The molecule has 1 aromatic heterocycles. The van der Waals surface area contributed by atoms with Gasteiger partial charge in [-0.2, -0.15) is 0 Å². The number of halogens is 1. The number of aryl methyl sites for hydroxylation is 4. The summed E-state index contributed by atoms with van der Waals surface area (Å²) in [6.45, 7) is 8.54. The number of nitrogens with one attached hydrogen (secondary N) is 1. The molecule has 5 heteroatoms. The first kappa shape index (κ1) is 17.6. The summed E-state index contributed by atoms with van der Waals surface area (Å²) in [5.41, 5.74) is 10.4. The number of nitrogens with zero attached hydrogens (tertiary/aromatic N) is 1. The lowest BCUT2D eigenvalue weighted by Gasteiger charge is -2.08. The summed E-state index contributed by atoms with van der Waals surface area (Å²) in [5.74, 6) is 2.20. The van der Waals surface area contributed by atoms with E-state index in [1.165, 1.54) is 11.1 Å². The lowest BCUT2D eigenvalue weighted by molar-refractivity contribution is 0.501. The smallest absolute Gasteiger partial charge is 0.193 e. The molecule has 0 amide bonds. The van der Waals surface area contributed by atoms with E-state index in [0.29, 0.717) is 12.5 Å². The minimum absolute atomic E-state index is 0. The molecular formula is C16H22IN3O. The second-order valence-electron chi connectivity index (χ2n) is 5.06. The lowest BCUT2D eigenvalue weighted by Crippen LogP contribution is -2.22. The zero-order valence-electron chi connectivity index (χ0n) is 12.9. The molecule has 114 valence electrons. The third-order valence-electron chi connectivity index (χ3n) is 3.34. The molecule has 0 fully saturated rings. The van der Waals surface area contributed by atoms with Crippen molar-refractivity contribution in [1.82, 2.24) is 0 Å². The highest BCUT2D eigenvalue weighted by molar-refractivity contribution is 14.0. The van der Waals surface area contributed by atoms with E-state index < -0.39 is 0 Å². The quantitative estimate of drug-likeness (QED) is 0.465. The zero-order chi connectivity index (χ0) is 14.7. The summed E-state index contributed by atoms with van der Waals surface area (Å²) in [5, 5.41) is 3.10. The molecule has 0 saturated heterocycles. The van der Waals surface area contributed by atoms with Crippen molar-refractivity contribution in [1.29, 1.82) is 0 Å². The Balaban J connectivity index is 0.00000220. The molecule has 0 spiro atoms. The van der Waals surface area contributed by atoms with Crippen molar-refractivity contribution in [3.05, 3.63) is 52.5 Å². The lowest BCUT2D eigenvalue weighted by atomic mass is 10.1. The maximum absolute atomic E-state index is 5.91. The topological polar surface area (TPSA) is 63.5 Å². The summed E-state index contributed by atoms with van der Waals surface area (Å²) < 4.78 is 5.46. The highest BCUT2D eigenvalue weighted by Crippen LogP contribution is 2.15. The molecule has 0 aliphatic rings. The molecule has 21 heavy (non-hydrogen) atoms. The highest BCUT2D eigenvalue weighted by Gasteiger charge is 2.04. The van der Waals surface area contributed by atoms with Gasteiger partial charge in [0, 0.05) is 11.3 Å². The Bertz CT molecular complexity index is 647. The van der Waals surface area contributed by atoms with Crippen LogP contribution in [0.1, 0.15) is 28.2 Å². The molecule has 0 bridgehead atoms. The Hall–Kier alpha value is -1.50. The number of rotatable bonds is 3. The second kappa shape index (κ2) is 7.49. The molecule has 3 N–H and O–H groups in total. The molecule has 0 aliphatic carbocycles. The number of guanidine groups is 1. The van der Waals surface area contributed by atoms with Gasteiger partial charge in [0.1, 0.15) is 11.5 Å². The third-order valence-corrected chi connectivity index (χ3v) is 3.34. The van der Waals surface area contributed by atoms with Crippen LogP contribution in [0.4, 0.5) is 5.69 Å². The van der Waals surface area contributed by atoms with E-state index in [-0.39, 0.29) is 24.0 Å². The molecule has 0 unspecified atom stereocenters. The van der Waals surface area contributed by atoms with E-state index in [2.05, 4.69) is 36.3 Å². The predicted octanol–water partition coefficient (Wildman–Crippen LogP) is 4.06. The van der Waals surface area contributed by atoms with Crippen LogP contribution in [0.5, 0.6) is 0 Å². The fraction of sp³-hybridized carbons (Fsp3) is 0.312. The highest BCUT2D eigenvalue weighted by atomic mass is 127. The van der Waals surface area contributed by atoms with Gasteiger partial charge in [-0.1, -0.05) is 6.07 Å². The Morgan fingerprint density at radius 2 is 1.86 bits per heavy atom. The van der Waals surface area contributed by atoms with Crippen LogP contribution in [0.15, 0.2) is 33.7 Å². The summed E-state index contributed by atoms with van der Waals surface area (Å²) >= 11 is 0. The van der Waals surface area contributed by atoms with Crippen molar-refractivity contribution in [3.8, 4) is 0 Å². The summed E-state index contributed by atoms with van der Waals surface area (Å²) in [6, 6.07) is 8.11. The maximum Gasteiger partial charge on any atom is 0.193 e. The van der Waals surface area contributed by atoms with E-state index in [1.807, 2.05) is 26.0 Å². The van der Waals surface area contributed by atoms with Crippen LogP contribution in [-0.4, -0.2) is 5.96 Å². The molecule has 2 rings (SSSR count). The van der Waals surface area contributed by atoms with Crippen LogP contribution in [-0.2, 0) is 6.54 Å². The number of furan rings is 1. The van der Waals surface area contributed by atoms with Gasteiger partial charge in [0.05, 0.1) is 6.54 Å². The zero-order valence-corrected chi connectivity index (χ0v) is 15.2. The molecule has 0 aliphatic heterocycles. The van der Waals surface area contributed by atoms with Crippen molar-refractivity contribution in [2.24, 2.45) is 10.7 Å². The summed E-state index contributed by atoms with van der Waals surface area (Å²) in [6.07, 6.45) is 0. The molecule has 0 saturated carbocycles. The van der Waals surface area contributed by atoms with Gasteiger partial charge in [-0.3, -0.25) is 0 Å². The number of anilines is 1. The number of benzene rings is 1. The van der Waals surface area contributed by atoms with Crippen LogP contribution < -0.4 is 11.1 Å². The molecule has 1 heterocycles. The van der Waals surface area contributed by atoms with Crippen LogP contribution in [0, 0.1) is 27.7 Å². The van der Waals surface area contributed by atoms with E-state index in [1.54, 1.807) is 0 Å². The average molecular weight is 399 g/mol. The van der Waals surface area contributed by atoms with Gasteiger partial charge < -0.3 is 15.5 Å². The monoisotopic (exact) mass is 399 g/mol. The Morgan fingerprint density at radius 1 is 1.14 bits per heavy atom. The first-order chi connectivity index (χ1) is 9.45. The SMILES string of the molecule is Cc1cc(CN=C(N)Nc2ccc(C)c(C)c2)c(C)o1.I. The molecule has 0 atom stereocenters. The van der Waals surface area contributed by atoms with E-state index in [4.69, 9.17) is 10.2 Å². The fourth-order valence-corrected chi connectivity index (χ4v) is 2.02. The number of nitrogens with two attached hydrogens (primary N) is 1. The maximum atomic E-state index is 5.91. The van der Waals surface area contributed by atoms with Gasteiger partial charge in [-0.25, -0.2) is 4.99 Å². The first-order valence-electron chi connectivity index (χ1n) is 6.66. The van der Waals surface area contributed by atoms with E-state index in [9.17, 15) is 0 Å². The van der Waals surface area contributed by atoms with Gasteiger partial charge >= 0.3 is 0 Å². The van der Waals surface area contributed by atoms with Crippen LogP contribution in [0.25, 0.3) is 0 Å². The number of hydrogen-bond donors (Lipinski definition) is 2. The standard InChI is InChI=1S/C16H21N3O.HI/c1-10-5-6-15(7-11(10)2)19-16(17)18-9-14-8-12(3)20-13(14)4;/h5-8H,9H2,1-4H3,(H3,17,18,19);1H. The van der Waals surface area contributed by atoms with Gasteiger partial charge in [0.2, 0.25) is 0 Å². The second-order valence-corrected chi connectivity index (χ2v) is 5.06. The Morgan fingerprint density at radius 3 is 2.43 bits per heavy atom. The normalized spacial score (nSPS) is 11.1. The molecule has 4 nitrogen and oxygen atoms in total. The van der Waals surface area contributed by atoms with Gasteiger partial charge in [-0.05, 0) is 57.0 Å². The fourth-order valence-electron chi connectivity index (χ4n) is 2.02. The molecular weight excluding hydrogens is 377 g/mol. The van der Waals surface area contributed by atoms with Crippen molar-refractivity contribution >= 4 is 35.6 Å². The van der Waals surface area contributed by atoms with Crippen molar-refractivity contribution < 1.29 is 4.42 Å². The number of hydrogen-bond acceptors (Lipinski definition) is 2. The summed E-state index contributed by atoms with van der Waals surface area (Å²) in [4.78, 5) is 4.34. The first-order valence-corrected chi connectivity index (χ1v) is 6.66. The minimum atomic E-state index is 0. The molecule has 2 aromatic rings. The Kier molecular flexibility index (Phi) is 6.26. The summed E-state index contributed by atoms with van der Waals surface area (Å²) in [7, 11) is 0. The van der Waals surface area contributed by atoms with Crippen LogP contribution in [0.3, 0.4) is 0 Å². The van der Waals surface area contributed by atoms with E-state index >= 15 is 0 Å². The van der Waals surface area contributed by atoms with Crippen molar-refractivity contribution in [2.75, 3.05) is 5.32 Å². The largest absolute Gasteiger partial charge is 0.466 e. The number of aliphatic imine (C=N–C) groups is 1. The minimum Gasteiger partial charge on any atom is -0.466 e. The van der Waals surface area contributed by atoms with Crippen LogP contribution in [0.2, 0.25) is 0 Å². The van der Waals surface area contributed by atoms with Crippen molar-refractivity contribution in [3.63, 3.8) is 0 Å². The molecule has 1 aromatic carbocycles. The predicted molar refractivity (Wildman–Crippen MR) is 98.5 cm³/mol. The average Bonchev–Trinajstić information content (AvgIpc) is 2.70. The van der Waals surface area contributed by atoms with Gasteiger partial charge in [-0.15, -0.1) is 24.0 Å². The molecule has 0 radical (unpaired) electrons. The van der Waals surface area contributed by atoms with Gasteiger partial charge in [0.25, 0.3) is 0 Å². The van der Waals surface area contributed by atoms with Crippen LogP contribution >= 0.6 is 24.0 Å². The van der Waals surface area contributed by atoms with Crippen molar-refractivity contribution in [2.45, 2.75) is 34.2 Å². The third kappa shape index (κ3) is 4.77. The Labute approximate surface area is 142 Å².